The molecule has 0 aliphatic heterocycles. The van der Waals surface area contributed by atoms with Gasteiger partial charge in [-0.3, -0.25) is 28.8 Å². The number of hydrogen-bond acceptors (Lipinski definition) is 8. The highest BCUT2D eigenvalue weighted by molar-refractivity contribution is 6.17. The van der Waals surface area contributed by atoms with E-state index in [1.54, 1.807) is 13.8 Å². The molecule has 0 aromatic heterocycles. The summed E-state index contributed by atoms with van der Waals surface area (Å²) < 4.78 is 10.1. The van der Waals surface area contributed by atoms with Crippen LogP contribution >= 0.6 is 0 Å². The molecular weight excluding hydrogens is 368 g/mol. The smallest absolute Gasteiger partial charge is 0.320 e. The third kappa shape index (κ3) is 3.40. The van der Waals surface area contributed by atoms with Crippen molar-refractivity contribution in [1.82, 2.24) is 0 Å². The third-order valence-corrected chi connectivity index (χ3v) is 5.67. The van der Waals surface area contributed by atoms with Crippen LogP contribution in [0.1, 0.15) is 53.4 Å². The number of ether oxygens (including phenoxy) is 2. The molecule has 2 saturated carbocycles. The Bertz CT molecular complexity index is 676. The second kappa shape index (κ2) is 7.93. The minimum absolute atomic E-state index is 0.0339. The van der Waals surface area contributed by atoms with Crippen molar-refractivity contribution in [2.24, 2.45) is 22.7 Å². The zero-order chi connectivity index (χ0) is 21.3. The molecule has 0 aromatic carbocycles. The van der Waals surface area contributed by atoms with E-state index in [1.807, 2.05) is 0 Å². The van der Waals surface area contributed by atoms with Gasteiger partial charge in [-0.15, -0.1) is 0 Å². The van der Waals surface area contributed by atoms with Gasteiger partial charge in [0.05, 0.1) is 13.2 Å². The number of ketones is 4. The van der Waals surface area contributed by atoms with Gasteiger partial charge in [-0.05, 0) is 40.5 Å². The summed E-state index contributed by atoms with van der Waals surface area (Å²) in [7, 11) is 0. The molecule has 0 N–H and O–H groups in total. The van der Waals surface area contributed by atoms with Gasteiger partial charge in [-0.2, -0.15) is 0 Å². The fourth-order valence-electron chi connectivity index (χ4n) is 4.72. The molecule has 0 amide bonds. The average Bonchev–Trinajstić information content (AvgIpc) is 3.01. The van der Waals surface area contributed by atoms with Crippen molar-refractivity contribution in [3.05, 3.63) is 0 Å². The standard InChI is InChI=1S/C20H26O8/c1-5-27-17(25)19(7-11(3)21)9-13-14(15(19)23)10-20(16(13)24,8-12(4)22)18(26)28-6-2/h13-14H,5-10H2,1-4H3/t13-,14+,19+,20-. The van der Waals surface area contributed by atoms with Gasteiger partial charge in [0.2, 0.25) is 0 Å². The molecular formula is C20H26O8. The summed E-state index contributed by atoms with van der Waals surface area (Å²) in [6, 6.07) is 0. The topological polar surface area (TPSA) is 121 Å². The largest absolute Gasteiger partial charge is 0.465 e. The number of carbonyl (C=O) groups is 6. The molecule has 8 heteroatoms. The fraction of sp³-hybridized carbons (Fsp3) is 0.700. The molecule has 154 valence electrons. The van der Waals surface area contributed by atoms with Gasteiger partial charge in [0.15, 0.2) is 11.6 Å². The lowest BCUT2D eigenvalue weighted by atomic mass is 9.72. The van der Waals surface area contributed by atoms with Gasteiger partial charge in [-0.25, -0.2) is 0 Å². The first-order valence-corrected chi connectivity index (χ1v) is 9.47. The van der Waals surface area contributed by atoms with E-state index >= 15 is 0 Å². The van der Waals surface area contributed by atoms with Crippen molar-refractivity contribution < 1.29 is 38.2 Å². The van der Waals surface area contributed by atoms with Gasteiger partial charge in [0.25, 0.3) is 0 Å². The highest BCUT2D eigenvalue weighted by Gasteiger charge is 2.69. The van der Waals surface area contributed by atoms with Gasteiger partial charge in [0.1, 0.15) is 22.4 Å². The zero-order valence-electron chi connectivity index (χ0n) is 16.7. The molecule has 0 bridgehead atoms. The number of hydrogen-bond donors (Lipinski definition) is 0. The molecule has 2 fully saturated rings. The molecule has 2 aliphatic carbocycles. The molecule has 0 unspecified atom stereocenters. The van der Waals surface area contributed by atoms with Gasteiger partial charge < -0.3 is 9.47 Å². The summed E-state index contributed by atoms with van der Waals surface area (Å²) in [4.78, 5) is 75.1. The SMILES string of the molecule is CCOC(=O)[C@@]1(CC(C)=O)C[C@H]2C(=O)[C@](CC(C)=O)(C(=O)OCC)C[C@@H]2C1=O. The summed E-state index contributed by atoms with van der Waals surface area (Å²) in [5, 5.41) is 0. The highest BCUT2D eigenvalue weighted by Crippen LogP contribution is 2.57. The predicted molar refractivity (Wildman–Crippen MR) is 95.0 cm³/mol. The van der Waals surface area contributed by atoms with Gasteiger partial charge in [-0.1, -0.05) is 0 Å². The first-order valence-electron chi connectivity index (χ1n) is 9.47. The van der Waals surface area contributed by atoms with E-state index in [0.29, 0.717) is 0 Å². The Labute approximate surface area is 163 Å². The molecule has 28 heavy (non-hydrogen) atoms. The Morgan fingerprint density at radius 1 is 0.786 bits per heavy atom. The molecule has 2 rings (SSSR count). The summed E-state index contributed by atoms with van der Waals surface area (Å²) in [6.45, 7) is 5.77. The number of carbonyl (C=O) groups excluding carboxylic acids is 6. The lowest BCUT2D eigenvalue weighted by molar-refractivity contribution is -0.164. The maximum Gasteiger partial charge on any atom is 0.320 e. The van der Waals surface area contributed by atoms with E-state index in [0.717, 1.165) is 0 Å². The van der Waals surface area contributed by atoms with Crippen LogP contribution in [0.25, 0.3) is 0 Å². The Morgan fingerprint density at radius 3 is 1.36 bits per heavy atom. The van der Waals surface area contributed by atoms with E-state index in [1.165, 1.54) is 13.8 Å². The predicted octanol–water partition coefficient (Wildman–Crippen LogP) is 1.22. The average molecular weight is 394 g/mol. The number of rotatable bonds is 8. The van der Waals surface area contributed by atoms with Crippen LogP contribution in [0.15, 0.2) is 0 Å². The third-order valence-electron chi connectivity index (χ3n) is 5.67. The zero-order valence-corrected chi connectivity index (χ0v) is 16.7. The normalized spacial score (nSPS) is 31.4. The fourth-order valence-corrected chi connectivity index (χ4v) is 4.72. The van der Waals surface area contributed by atoms with Gasteiger partial charge >= 0.3 is 11.9 Å². The first-order chi connectivity index (χ1) is 13.1. The lowest BCUT2D eigenvalue weighted by Crippen LogP contribution is -2.44. The molecule has 0 heterocycles. The second-order valence-electron chi connectivity index (χ2n) is 7.71. The Morgan fingerprint density at radius 2 is 1.11 bits per heavy atom. The number of fused-ring (bicyclic) bond motifs is 1. The molecule has 8 nitrogen and oxygen atoms in total. The van der Waals surface area contributed by atoms with E-state index in [9.17, 15) is 28.8 Å². The minimum Gasteiger partial charge on any atom is -0.465 e. The maximum absolute atomic E-state index is 13.2. The number of Topliss-reactive ketones (excluding diaryl/α,β-unsaturated/α-hetero) is 4. The van der Waals surface area contributed by atoms with E-state index in [2.05, 4.69) is 0 Å². The Balaban J connectivity index is 2.45. The minimum atomic E-state index is -1.70. The van der Waals surface area contributed by atoms with Crippen LogP contribution in [0.2, 0.25) is 0 Å². The van der Waals surface area contributed by atoms with E-state index < -0.39 is 46.2 Å². The summed E-state index contributed by atoms with van der Waals surface area (Å²) in [6.07, 6.45) is -1.06. The van der Waals surface area contributed by atoms with Crippen LogP contribution in [0.5, 0.6) is 0 Å². The van der Waals surface area contributed by atoms with Gasteiger partial charge in [0, 0.05) is 24.7 Å². The summed E-state index contributed by atoms with van der Waals surface area (Å²) in [5.41, 5.74) is -3.41. The Kier molecular flexibility index (Phi) is 6.21. The molecule has 0 radical (unpaired) electrons. The molecule has 0 spiro atoms. The quantitative estimate of drug-likeness (QED) is 0.445. The lowest BCUT2D eigenvalue weighted by Gasteiger charge is -2.29. The van der Waals surface area contributed by atoms with Crippen molar-refractivity contribution in [1.29, 1.82) is 0 Å². The van der Waals surface area contributed by atoms with Crippen molar-refractivity contribution in [2.75, 3.05) is 13.2 Å². The van der Waals surface area contributed by atoms with E-state index in [4.69, 9.17) is 9.47 Å². The van der Waals surface area contributed by atoms with Crippen LogP contribution < -0.4 is 0 Å². The maximum atomic E-state index is 13.2. The van der Waals surface area contributed by atoms with Crippen LogP contribution in [0, 0.1) is 22.7 Å². The van der Waals surface area contributed by atoms with E-state index in [-0.39, 0.29) is 50.5 Å². The van der Waals surface area contributed by atoms with Crippen molar-refractivity contribution in [3.63, 3.8) is 0 Å². The van der Waals surface area contributed by atoms with Crippen molar-refractivity contribution in [3.8, 4) is 0 Å². The monoisotopic (exact) mass is 394 g/mol. The summed E-state index contributed by atoms with van der Waals surface area (Å²) >= 11 is 0. The molecule has 0 aromatic rings. The first kappa shape index (κ1) is 21.9. The molecule has 2 aliphatic rings. The van der Waals surface area contributed by atoms with Crippen molar-refractivity contribution >= 4 is 35.1 Å². The summed E-state index contributed by atoms with van der Waals surface area (Å²) in [5.74, 6) is -5.32. The second-order valence-corrected chi connectivity index (χ2v) is 7.71. The molecule has 4 atom stereocenters. The number of esters is 2. The van der Waals surface area contributed by atoms with Crippen LogP contribution in [0.3, 0.4) is 0 Å². The van der Waals surface area contributed by atoms with Crippen LogP contribution in [0.4, 0.5) is 0 Å². The van der Waals surface area contributed by atoms with Crippen LogP contribution in [-0.2, 0) is 38.2 Å². The Hall–Kier alpha value is -2.38. The van der Waals surface area contributed by atoms with Crippen molar-refractivity contribution in [2.45, 2.75) is 53.4 Å². The molecule has 0 saturated heterocycles. The van der Waals surface area contributed by atoms with Crippen LogP contribution in [-0.4, -0.2) is 48.3 Å². The highest BCUT2D eigenvalue weighted by atomic mass is 16.5.